The van der Waals surface area contributed by atoms with E-state index >= 15 is 0 Å². The average molecular weight is 447 g/mol. The van der Waals surface area contributed by atoms with Gasteiger partial charge in [0.1, 0.15) is 18.1 Å². The molecule has 0 bridgehead atoms. The molecule has 2 aromatic rings. The van der Waals surface area contributed by atoms with Crippen molar-refractivity contribution in [3.63, 3.8) is 0 Å². The molecule has 31 heavy (non-hydrogen) atoms. The summed E-state index contributed by atoms with van der Waals surface area (Å²) in [6.45, 7) is 7.39. The van der Waals surface area contributed by atoms with Gasteiger partial charge in [-0.05, 0) is 81.1 Å². The average Bonchev–Trinajstić information content (AvgIpc) is 3.26. The van der Waals surface area contributed by atoms with Crippen molar-refractivity contribution in [2.24, 2.45) is 0 Å². The van der Waals surface area contributed by atoms with Crippen molar-refractivity contribution in [3.8, 4) is 11.5 Å². The van der Waals surface area contributed by atoms with Gasteiger partial charge < -0.3 is 14.8 Å². The van der Waals surface area contributed by atoms with E-state index in [4.69, 9.17) is 9.47 Å². The Morgan fingerprint density at radius 1 is 1.03 bits per heavy atom. The first-order valence-corrected chi connectivity index (χ1v) is 12.0. The van der Waals surface area contributed by atoms with E-state index in [1.165, 1.54) is 4.31 Å². The predicted octanol–water partition coefficient (Wildman–Crippen LogP) is 3.05. The standard InChI is InChI=1S/C23H30N2O5S/c1-17-14-18(2)16-21(15-17)30-19(3)23(26)24-10-13-29-20-6-8-22(9-7-20)31(27,28)25-11-4-5-12-25/h6-9,14-16,19H,4-5,10-13H2,1-3H3,(H,24,26)/t19-/m0/s1. The van der Waals surface area contributed by atoms with E-state index in [1.54, 1.807) is 31.2 Å². The van der Waals surface area contributed by atoms with Crippen molar-refractivity contribution in [3.05, 3.63) is 53.6 Å². The number of hydrogen-bond donors (Lipinski definition) is 1. The Hall–Kier alpha value is -2.58. The van der Waals surface area contributed by atoms with Crippen LogP contribution in [0.2, 0.25) is 0 Å². The number of nitrogens with zero attached hydrogens (tertiary/aromatic N) is 1. The van der Waals surface area contributed by atoms with Gasteiger partial charge in [-0.2, -0.15) is 4.31 Å². The molecule has 1 heterocycles. The Kier molecular flexibility index (Phi) is 7.56. The SMILES string of the molecule is Cc1cc(C)cc(O[C@@H](C)C(=O)NCCOc2ccc(S(=O)(=O)N3CCCC3)cc2)c1. The van der Waals surface area contributed by atoms with Crippen LogP contribution in [0.3, 0.4) is 0 Å². The quantitative estimate of drug-likeness (QED) is 0.599. The summed E-state index contributed by atoms with van der Waals surface area (Å²) in [5, 5.41) is 2.78. The van der Waals surface area contributed by atoms with Gasteiger partial charge in [-0.1, -0.05) is 6.07 Å². The summed E-state index contributed by atoms with van der Waals surface area (Å²) in [6.07, 6.45) is 1.18. The lowest BCUT2D eigenvalue weighted by Gasteiger charge is -2.16. The van der Waals surface area contributed by atoms with E-state index in [0.717, 1.165) is 24.0 Å². The largest absolute Gasteiger partial charge is 0.492 e. The molecular weight excluding hydrogens is 416 g/mol. The van der Waals surface area contributed by atoms with Gasteiger partial charge in [0.25, 0.3) is 5.91 Å². The fourth-order valence-corrected chi connectivity index (χ4v) is 5.05. The van der Waals surface area contributed by atoms with Crippen molar-refractivity contribution in [1.29, 1.82) is 0 Å². The van der Waals surface area contributed by atoms with Crippen LogP contribution in [-0.4, -0.2) is 51.0 Å². The molecule has 1 N–H and O–H groups in total. The lowest BCUT2D eigenvalue weighted by atomic mass is 10.1. The second kappa shape index (κ2) is 10.2. The van der Waals surface area contributed by atoms with E-state index in [1.807, 2.05) is 32.0 Å². The Morgan fingerprint density at radius 2 is 1.65 bits per heavy atom. The van der Waals surface area contributed by atoms with E-state index in [-0.39, 0.29) is 17.4 Å². The van der Waals surface area contributed by atoms with Crippen LogP contribution in [0.4, 0.5) is 0 Å². The summed E-state index contributed by atoms with van der Waals surface area (Å²) in [5.74, 6) is 0.990. The van der Waals surface area contributed by atoms with Gasteiger partial charge in [0.2, 0.25) is 10.0 Å². The summed E-state index contributed by atoms with van der Waals surface area (Å²) in [7, 11) is -3.43. The third-order valence-electron chi connectivity index (χ3n) is 5.07. The zero-order chi connectivity index (χ0) is 22.4. The molecule has 0 radical (unpaired) electrons. The molecule has 0 unspecified atom stereocenters. The monoisotopic (exact) mass is 446 g/mol. The number of sulfonamides is 1. The van der Waals surface area contributed by atoms with Gasteiger partial charge >= 0.3 is 0 Å². The first-order valence-electron chi connectivity index (χ1n) is 10.5. The Bertz CT molecular complexity index is 979. The minimum atomic E-state index is -3.43. The van der Waals surface area contributed by atoms with Crippen molar-refractivity contribution in [2.45, 2.75) is 44.6 Å². The summed E-state index contributed by atoms with van der Waals surface area (Å²) >= 11 is 0. The molecule has 1 aliphatic heterocycles. The lowest BCUT2D eigenvalue weighted by molar-refractivity contribution is -0.127. The maximum Gasteiger partial charge on any atom is 0.260 e. The normalized spacial score (nSPS) is 15.5. The number of amides is 1. The summed E-state index contributed by atoms with van der Waals surface area (Å²) in [5.41, 5.74) is 2.16. The molecule has 168 valence electrons. The molecule has 0 spiro atoms. The van der Waals surface area contributed by atoms with Gasteiger partial charge in [0.05, 0.1) is 11.4 Å². The molecule has 3 rings (SSSR count). The molecule has 0 aliphatic carbocycles. The predicted molar refractivity (Wildman–Crippen MR) is 119 cm³/mol. The third-order valence-corrected chi connectivity index (χ3v) is 6.99. The molecule has 1 fully saturated rings. The number of carbonyl (C=O) groups is 1. The van der Waals surface area contributed by atoms with Gasteiger partial charge in [-0.15, -0.1) is 0 Å². The molecule has 0 aromatic heterocycles. The first kappa shape index (κ1) is 23.1. The molecule has 1 saturated heterocycles. The number of carbonyl (C=O) groups excluding carboxylic acids is 1. The Labute approximate surface area is 184 Å². The highest BCUT2D eigenvalue weighted by atomic mass is 32.2. The second-order valence-electron chi connectivity index (χ2n) is 7.81. The van der Waals surface area contributed by atoms with Crippen LogP contribution in [0.25, 0.3) is 0 Å². The van der Waals surface area contributed by atoms with Crippen molar-refractivity contribution >= 4 is 15.9 Å². The van der Waals surface area contributed by atoms with E-state index < -0.39 is 16.1 Å². The summed E-state index contributed by atoms with van der Waals surface area (Å²) in [4.78, 5) is 12.5. The highest BCUT2D eigenvalue weighted by Gasteiger charge is 2.26. The van der Waals surface area contributed by atoms with E-state index in [0.29, 0.717) is 31.1 Å². The maximum atomic E-state index is 12.5. The number of rotatable bonds is 9. The fraction of sp³-hybridized carbons (Fsp3) is 0.435. The van der Waals surface area contributed by atoms with Crippen LogP contribution in [-0.2, 0) is 14.8 Å². The number of aryl methyl sites for hydroxylation is 2. The smallest absolute Gasteiger partial charge is 0.260 e. The first-order chi connectivity index (χ1) is 14.8. The number of ether oxygens (including phenoxy) is 2. The number of nitrogens with one attached hydrogen (secondary N) is 1. The van der Waals surface area contributed by atoms with Crippen molar-refractivity contribution in [2.75, 3.05) is 26.2 Å². The van der Waals surface area contributed by atoms with Gasteiger partial charge in [0.15, 0.2) is 6.10 Å². The molecule has 7 nitrogen and oxygen atoms in total. The van der Waals surface area contributed by atoms with E-state index in [9.17, 15) is 13.2 Å². The van der Waals surface area contributed by atoms with Crippen LogP contribution in [0, 0.1) is 13.8 Å². The van der Waals surface area contributed by atoms with Gasteiger partial charge in [-0.3, -0.25) is 4.79 Å². The molecule has 1 amide bonds. The van der Waals surface area contributed by atoms with Gasteiger partial charge in [-0.25, -0.2) is 8.42 Å². The zero-order valence-corrected chi connectivity index (χ0v) is 19.1. The minimum Gasteiger partial charge on any atom is -0.492 e. The highest BCUT2D eigenvalue weighted by Crippen LogP contribution is 2.23. The minimum absolute atomic E-state index is 0.227. The van der Waals surface area contributed by atoms with Crippen molar-refractivity contribution in [1.82, 2.24) is 9.62 Å². The lowest BCUT2D eigenvalue weighted by Crippen LogP contribution is -2.38. The third kappa shape index (κ3) is 6.21. The second-order valence-corrected chi connectivity index (χ2v) is 9.74. The van der Waals surface area contributed by atoms with Gasteiger partial charge in [0, 0.05) is 13.1 Å². The Morgan fingerprint density at radius 3 is 2.26 bits per heavy atom. The van der Waals surface area contributed by atoms with E-state index in [2.05, 4.69) is 5.32 Å². The number of benzene rings is 2. The molecule has 8 heteroatoms. The van der Waals surface area contributed by atoms with Crippen molar-refractivity contribution < 1.29 is 22.7 Å². The molecular formula is C23H30N2O5S. The molecule has 1 aliphatic rings. The Balaban J connectivity index is 1.43. The maximum absolute atomic E-state index is 12.5. The number of hydrogen-bond acceptors (Lipinski definition) is 5. The van der Waals surface area contributed by atoms with Crippen LogP contribution in [0.5, 0.6) is 11.5 Å². The molecule has 1 atom stereocenters. The van der Waals surface area contributed by atoms with Crippen LogP contribution >= 0.6 is 0 Å². The topological polar surface area (TPSA) is 84.9 Å². The van der Waals surface area contributed by atoms with Crippen LogP contribution in [0.1, 0.15) is 30.9 Å². The zero-order valence-electron chi connectivity index (χ0n) is 18.3. The van der Waals surface area contributed by atoms with Crippen LogP contribution < -0.4 is 14.8 Å². The highest BCUT2D eigenvalue weighted by molar-refractivity contribution is 7.89. The fourth-order valence-electron chi connectivity index (χ4n) is 3.53. The summed E-state index contributed by atoms with van der Waals surface area (Å²) in [6, 6.07) is 12.2. The molecule has 0 saturated carbocycles. The summed E-state index contributed by atoms with van der Waals surface area (Å²) < 4.78 is 37.9. The molecule has 2 aromatic carbocycles. The van der Waals surface area contributed by atoms with Crippen LogP contribution in [0.15, 0.2) is 47.4 Å².